The molecule has 0 aliphatic rings. The maximum Gasteiger partial charge on any atom is 0.311 e. The van der Waals surface area contributed by atoms with Crippen molar-refractivity contribution in [2.75, 3.05) is 6.61 Å². The summed E-state index contributed by atoms with van der Waals surface area (Å²) in [5.74, 6) is 0.744. The first-order chi connectivity index (χ1) is 9.60. The van der Waals surface area contributed by atoms with E-state index in [1.165, 1.54) is 6.07 Å². The molecule has 0 fully saturated rings. The van der Waals surface area contributed by atoms with Crippen LogP contribution in [0.5, 0.6) is 5.75 Å². The quantitative estimate of drug-likeness (QED) is 0.520. The van der Waals surface area contributed by atoms with Crippen LogP contribution in [0.4, 0.5) is 5.69 Å². The number of rotatable bonds is 5. The number of aromatic amines is 1. The molecule has 106 valence electrons. The van der Waals surface area contributed by atoms with E-state index < -0.39 is 4.92 Å². The maximum absolute atomic E-state index is 11.1. The molecule has 0 atom stereocenters. The largest absolute Gasteiger partial charge is 0.487 e. The lowest BCUT2D eigenvalue weighted by Crippen LogP contribution is -2.03. The van der Waals surface area contributed by atoms with Gasteiger partial charge in [0, 0.05) is 12.6 Å². The summed E-state index contributed by atoms with van der Waals surface area (Å²) < 4.78 is 7.68. The van der Waals surface area contributed by atoms with Crippen molar-refractivity contribution in [1.82, 2.24) is 14.8 Å². The number of nitrogens with zero attached hydrogens (tertiary/aromatic N) is 3. The van der Waals surface area contributed by atoms with E-state index in [1.54, 1.807) is 23.6 Å². The maximum atomic E-state index is 11.1. The lowest BCUT2D eigenvalue weighted by atomic mass is 10.1. The third-order valence-electron chi connectivity index (χ3n) is 2.80. The van der Waals surface area contributed by atoms with Crippen LogP contribution in [0, 0.1) is 14.9 Å². The molecule has 1 aromatic heterocycles. The third-order valence-corrected chi connectivity index (χ3v) is 3.11. The van der Waals surface area contributed by atoms with Gasteiger partial charge in [-0.1, -0.05) is 6.07 Å². The Labute approximate surface area is 120 Å². The lowest BCUT2D eigenvalue weighted by molar-refractivity contribution is -0.385. The van der Waals surface area contributed by atoms with E-state index in [2.05, 4.69) is 10.2 Å². The topological polar surface area (TPSA) is 86.0 Å². The SMILES string of the molecule is CCOc1c(-c2n[nH]c(=S)n2CC)cccc1[N+](=O)[O-]. The highest BCUT2D eigenvalue weighted by atomic mass is 32.1. The molecule has 0 spiro atoms. The van der Waals surface area contributed by atoms with Crippen LogP contribution in [0.2, 0.25) is 0 Å². The molecule has 0 aliphatic heterocycles. The summed E-state index contributed by atoms with van der Waals surface area (Å²) in [7, 11) is 0. The zero-order chi connectivity index (χ0) is 14.7. The minimum absolute atomic E-state index is 0.0825. The van der Waals surface area contributed by atoms with E-state index >= 15 is 0 Å². The average molecular weight is 294 g/mol. The second kappa shape index (κ2) is 5.83. The second-order valence-corrected chi connectivity index (χ2v) is 4.33. The van der Waals surface area contributed by atoms with E-state index in [1.807, 2.05) is 6.92 Å². The minimum atomic E-state index is -0.466. The highest BCUT2D eigenvalue weighted by Crippen LogP contribution is 2.37. The second-order valence-electron chi connectivity index (χ2n) is 3.94. The predicted octanol–water partition coefficient (Wildman–Crippen LogP) is 2.93. The van der Waals surface area contributed by atoms with Crippen molar-refractivity contribution in [3.05, 3.63) is 33.1 Å². The van der Waals surface area contributed by atoms with Gasteiger partial charge in [-0.2, -0.15) is 5.10 Å². The van der Waals surface area contributed by atoms with E-state index in [0.29, 0.717) is 29.3 Å². The van der Waals surface area contributed by atoms with Gasteiger partial charge < -0.3 is 9.30 Å². The van der Waals surface area contributed by atoms with Gasteiger partial charge in [0.25, 0.3) is 0 Å². The van der Waals surface area contributed by atoms with Gasteiger partial charge in [-0.05, 0) is 32.1 Å². The molecule has 2 rings (SSSR count). The van der Waals surface area contributed by atoms with Crippen molar-refractivity contribution >= 4 is 17.9 Å². The summed E-state index contributed by atoms with van der Waals surface area (Å²) in [5, 5.41) is 17.9. The van der Waals surface area contributed by atoms with Crippen LogP contribution >= 0.6 is 12.2 Å². The zero-order valence-electron chi connectivity index (χ0n) is 11.1. The first kappa shape index (κ1) is 14.2. The smallest absolute Gasteiger partial charge is 0.311 e. The molecule has 0 bridgehead atoms. The van der Waals surface area contributed by atoms with Gasteiger partial charge in [0.2, 0.25) is 5.75 Å². The number of hydrogen-bond donors (Lipinski definition) is 1. The number of H-pyrrole nitrogens is 1. The Balaban J connectivity index is 2.70. The van der Waals surface area contributed by atoms with Crippen LogP contribution in [0.15, 0.2) is 18.2 Å². The predicted molar refractivity (Wildman–Crippen MR) is 76.3 cm³/mol. The van der Waals surface area contributed by atoms with Crippen molar-refractivity contribution in [2.45, 2.75) is 20.4 Å². The Hall–Kier alpha value is -2.22. The molecule has 8 heteroatoms. The molecule has 0 amide bonds. The molecule has 0 radical (unpaired) electrons. The molecular formula is C12H14N4O3S. The molecule has 1 N–H and O–H groups in total. The van der Waals surface area contributed by atoms with Gasteiger partial charge in [-0.15, -0.1) is 0 Å². The molecule has 0 aliphatic carbocycles. The molecule has 0 unspecified atom stereocenters. The van der Waals surface area contributed by atoms with Crippen LogP contribution in [0.3, 0.4) is 0 Å². The number of nitro benzene ring substituents is 1. The number of nitro groups is 1. The van der Waals surface area contributed by atoms with Crippen molar-refractivity contribution < 1.29 is 9.66 Å². The number of para-hydroxylation sites is 1. The molecule has 1 aromatic carbocycles. The van der Waals surface area contributed by atoms with Crippen molar-refractivity contribution in [3.63, 3.8) is 0 Å². The Kier molecular flexibility index (Phi) is 4.14. The van der Waals surface area contributed by atoms with E-state index in [9.17, 15) is 10.1 Å². The summed E-state index contributed by atoms with van der Waals surface area (Å²) in [6.45, 7) is 4.64. The van der Waals surface area contributed by atoms with E-state index in [0.717, 1.165) is 0 Å². The van der Waals surface area contributed by atoms with Gasteiger partial charge in [0.1, 0.15) is 0 Å². The highest BCUT2D eigenvalue weighted by Gasteiger charge is 2.22. The summed E-state index contributed by atoms with van der Waals surface area (Å²) in [6.07, 6.45) is 0. The van der Waals surface area contributed by atoms with Crippen LogP contribution < -0.4 is 4.74 Å². The molecule has 0 saturated carbocycles. The van der Waals surface area contributed by atoms with Gasteiger partial charge >= 0.3 is 5.69 Å². The fraction of sp³-hybridized carbons (Fsp3) is 0.333. The van der Waals surface area contributed by atoms with Gasteiger partial charge in [-0.3, -0.25) is 15.2 Å². The first-order valence-corrected chi connectivity index (χ1v) is 6.56. The standard InChI is InChI=1S/C12H14N4O3S/c1-3-15-11(13-14-12(15)20)8-6-5-7-9(16(17)18)10(8)19-4-2/h5-7H,3-4H2,1-2H3,(H,14,20). The molecule has 2 aromatic rings. The first-order valence-electron chi connectivity index (χ1n) is 6.15. The molecule has 1 heterocycles. The average Bonchev–Trinajstić information content (AvgIpc) is 2.80. The Morgan fingerprint density at radius 2 is 2.25 bits per heavy atom. The molecule has 7 nitrogen and oxygen atoms in total. The Morgan fingerprint density at radius 3 is 2.85 bits per heavy atom. The zero-order valence-corrected chi connectivity index (χ0v) is 11.9. The summed E-state index contributed by atoms with van der Waals surface area (Å²) in [5.41, 5.74) is 0.469. The summed E-state index contributed by atoms with van der Waals surface area (Å²) in [6, 6.07) is 4.74. The Bertz CT molecular complexity index is 692. The minimum Gasteiger partial charge on any atom is -0.487 e. The van der Waals surface area contributed by atoms with Gasteiger partial charge in [-0.25, -0.2) is 0 Å². The third kappa shape index (κ3) is 2.42. The number of benzene rings is 1. The number of nitrogens with one attached hydrogen (secondary N) is 1. The monoisotopic (exact) mass is 294 g/mol. The van der Waals surface area contributed by atoms with Crippen LogP contribution in [0.25, 0.3) is 11.4 Å². The summed E-state index contributed by atoms with van der Waals surface area (Å²) in [4.78, 5) is 10.6. The Morgan fingerprint density at radius 1 is 1.50 bits per heavy atom. The fourth-order valence-electron chi connectivity index (χ4n) is 1.96. The van der Waals surface area contributed by atoms with Crippen molar-refractivity contribution in [1.29, 1.82) is 0 Å². The van der Waals surface area contributed by atoms with Crippen molar-refractivity contribution in [2.24, 2.45) is 0 Å². The molecular weight excluding hydrogens is 280 g/mol. The van der Waals surface area contributed by atoms with Gasteiger partial charge in [0.05, 0.1) is 17.1 Å². The number of ether oxygens (including phenoxy) is 1. The van der Waals surface area contributed by atoms with Crippen molar-refractivity contribution in [3.8, 4) is 17.1 Å². The summed E-state index contributed by atoms with van der Waals surface area (Å²) >= 11 is 5.13. The lowest BCUT2D eigenvalue weighted by Gasteiger charge is -2.10. The number of aromatic nitrogens is 3. The van der Waals surface area contributed by atoms with Crippen LogP contribution in [-0.4, -0.2) is 26.3 Å². The fourth-order valence-corrected chi connectivity index (χ4v) is 2.22. The van der Waals surface area contributed by atoms with Crippen LogP contribution in [-0.2, 0) is 6.54 Å². The highest BCUT2D eigenvalue weighted by molar-refractivity contribution is 7.71. The number of hydrogen-bond acceptors (Lipinski definition) is 5. The molecule has 0 saturated heterocycles. The van der Waals surface area contributed by atoms with Gasteiger partial charge in [0.15, 0.2) is 10.6 Å². The van der Waals surface area contributed by atoms with E-state index in [-0.39, 0.29) is 11.4 Å². The van der Waals surface area contributed by atoms with E-state index in [4.69, 9.17) is 17.0 Å². The normalized spacial score (nSPS) is 10.5. The van der Waals surface area contributed by atoms with Crippen LogP contribution in [0.1, 0.15) is 13.8 Å². The molecule has 20 heavy (non-hydrogen) atoms.